The number of benzene rings is 4. The molecule has 286 valence electrons. The number of carbonyl (C=O) groups is 2. The van der Waals surface area contributed by atoms with E-state index in [0.717, 1.165) is 9.80 Å². The number of nitro benzene ring substituents is 2. The van der Waals surface area contributed by atoms with Crippen molar-refractivity contribution in [3.63, 3.8) is 0 Å². The fourth-order valence-electron chi connectivity index (χ4n) is 5.43. The van der Waals surface area contributed by atoms with Gasteiger partial charge in [0, 0.05) is 50.4 Å². The summed E-state index contributed by atoms with van der Waals surface area (Å²) in [5.74, 6) is -0.972. The van der Waals surface area contributed by atoms with Crippen molar-refractivity contribution in [3.05, 3.63) is 128 Å². The molecule has 0 spiro atoms. The molecule has 0 bridgehead atoms. The zero-order valence-corrected chi connectivity index (χ0v) is 29.0. The fraction of sp³-hybridized carbons (Fsp3) is 0.316. The number of non-ortho nitro benzene ring substituents is 2. The SMILES string of the molecule is O=C(C(F)F)N(CCCCCCCCN(Cc1ccc(Oc2ccc([N+](=O)[O-])cc2)cc1)C(=O)C(F)F)Cc1ccc(Oc2ccc([N+](=O)[O-])cc2)cc1. The molecule has 54 heavy (non-hydrogen) atoms. The smallest absolute Gasteiger partial charge is 0.315 e. The minimum atomic E-state index is -3.16. The predicted molar refractivity (Wildman–Crippen MR) is 190 cm³/mol. The molecule has 0 aliphatic rings. The second kappa shape index (κ2) is 20.3. The van der Waals surface area contributed by atoms with Crippen LogP contribution in [0.2, 0.25) is 0 Å². The molecule has 0 atom stereocenters. The van der Waals surface area contributed by atoms with E-state index in [-0.39, 0.29) is 37.6 Å². The molecule has 2 amide bonds. The maximum Gasteiger partial charge on any atom is 0.315 e. The third-order valence-electron chi connectivity index (χ3n) is 8.26. The van der Waals surface area contributed by atoms with Crippen molar-refractivity contribution in [2.24, 2.45) is 0 Å². The quantitative estimate of drug-likeness (QED) is 0.0354. The van der Waals surface area contributed by atoms with Crippen molar-refractivity contribution in [1.29, 1.82) is 0 Å². The Bertz CT molecular complexity index is 1690. The van der Waals surface area contributed by atoms with Gasteiger partial charge >= 0.3 is 12.9 Å². The number of alkyl halides is 4. The molecule has 0 radical (unpaired) electrons. The van der Waals surface area contributed by atoms with Crippen LogP contribution in [0.3, 0.4) is 0 Å². The van der Waals surface area contributed by atoms with Gasteiger partial charge in [0.2, 0.25) is 0 Å². The van der Waals surface area contributed by atoms with Crippen molar-refractivity contribution >= 4 is 23.2 Å². The van der Waals surface area contributed by atoms with E-state index in [9.17, 15) is 47.4 Å². The molecule has 0 unspecified atom stereocenters. The molecule has 0 saturated carbocycles. The van der Waals surface area contributed by atoms with E-state index in [1.165, 1.54) is 48.5 Å². The number of ether oxygens (including phenoxy) is 2. The van der Waals surface area contributed by atoms with Crippen LogP contribution in [0.5, 0.6) is 23.0 Å². The van der Waals surface area contributed by atoms with Gasteiger partial charge < -0.3 is 19.3 Å². The van der Waals surface area contributed by atoms with E-state index < -0.39 is 34.5 Å². The number of carbonyl (C=O) groups excluding carboxylic acids is 2. The molecular weight excluding hydrogens is 716 g/mol. The highest BCUT2D eigenvalue weighted by molar-refractivity contribution is 5.79. The van der Waals surface area contributed by atoms with Crippen LogP contribution in [-0.2, 0) is 22.7 Å². The Morgan fingerprint density at radius 3 is 1.06 bits per heavy atom. The van der Waals surface area contributed by atoms with Crippen LogP contribution >= 0.6 is 0 Å². The van der Waals surface area contributed by atoms with Gasteiger partial charge in [-0.3, -0.25) is 29.8 Å². The van der Waals surface area contributed by atoms with Crippen LogP contribution < -0.4 is 9.47 Å². The Kier molecular flexibility index (Phi) is 15.3. The summed E-state index contributed by atoms with van der Waals surface area (Å²) in [6.07, 6.45) is -2.68. The van der Waals surface area contributed by atoms with Gasteiger partial charge in [0.25, 0.3) is 23.2 Å². The van der Waals surface area contributed by atoms with E-state index in [0.29, 0.717) is 72.6 Å². The summed E-state index contributed by atoms with van der Waals surface area (Å²) < 4.78 is 64.8. The van der Waals surface area contributed by atoms with E-state index in [2.05, 4.69) is 0 Å². The standard InChI is InChI=1S/C38H38F4N4O8/c39-35(40)37(47)43(25-27-7-15-31(16-8-27)53-33-19-11-29(12-20-33)45(49)50)23-5-3-1-2-4-6-24-44(38(48)36(41)42)26-28-9-17-32(18-10-28)54-34-21-13-30(14-22-34)46(51)52/h7-22,35-36H,1-6,23-26H2. The lowest BCUT2D eigenvalue weighted by Gasteiger charge is -2.23. The van der Waals surface area contributed by atoms with Crippen molar-refractivity contribution in [1.82, 2.24) is 9.80 Å². The molecule has 0 fully saturated rings. The highest BCUT2D eigenvalue weighted by atomic mass is 19.3. The maximum absolute atomic E-state index is 13.4. The summed E-state index contributed by atoms with van der Waals surface area (Å²) in [7, 11) is 0. The van der Waals surface area contributed by atoms with Crippen LogP contribution in [0.4, 0.5) is 28.9 Å². The van der Waals surface area contributed by atoms with E-state index in [1.807, 2.05) is 0 Å². The molecule has 0 aliphatic carbocycles. The number of hydrogen-bond donors (Lipinski definition) is 0. The Morgan fingerprint density at radius 2 is 0.778 bits per heavy atom. The number of unbranched alkanes of at least 4 members (excludes halogenated alkanes) is 5. The molecule has 4 aromatic carbocycles. The molecule has 0 saturated heterocycles. The monoisotopic (exact) mass is 754 g/mol. The molecule has 0 aromatic heterocycles. The molecule has 0 aliphatic heterocycles. The normalized spacial score (nSPS) is 11.0. The van der Waals surface area contributed by atoms with Gasteiger partial charge in [-0.25, -0.2) is 0 Å². The minimum Gasteiger partial charge on any atom is -0.457 e. The third-order valence-corrected chi connectivity index (χ3v) is 8.26. The van der Waals surface area contributed by atoms with Gasteiger partial charge in [0.15, 0.2) is 0 Å². The lowest BCUT2D eigenvalue weighted by Crippen LogP contribution is -2.36. The van der Waals surface area contributed by atoms with Crippen LogP contribution in [0.15, 0.2) is 97.1 Å². The van der Waals surface area contributed by atoms with Crippen molar-refractivity contribution in [3.8, 4) is 23.0 Å². The first-order chi connectivity index (χ1) is 25.9. The number of halogens is 4. The third kappa shape index (κ3) is 12.9. The number of amides is 2. The number of hydrogen-bond acceptors (Lipinski definition) is 8. The molecule has 12 nitrogen and oxygen atoms in total. The highest BCUT2D eigenvalue weighted by Crippen LogP contribution is 2.26. The first-order valence-electron chi connectivity index (χ1n) is 17.1. The fourth-order valence-corrected chi connectivity index (χ4v) is 5.43. The maximum atomic E-state index is 13.4. The van der Waals surface area contributed by atoms with Crippen molar-refractivity contribution in [2.45, 2.75) is 64.5 Å². The molecule has 0 heterocycles. The molecule has 4 rings (SSSR count). The zero-order chi connectivity index (χ0) is 39.0. The highest BCUT2D eigenvalue weighted by Gasteiger charge is 2.24. The number of nitrogens with zero attached hydrogens (tertiary/aromatic N) is 4. The topological polar surface area (TPSA) is 145 Å². The van der Waals surface area contributed by atoms with Crippen LogP contribution in [0, 0.1) is 20.2 Å². The Balaban J connectivity index is 1.18. The van der Waals surface area contributed by atoms with Crippen molar-refractivity contribution < 1.29 is 46.5 Å². The second-order valence-corrected chi connectivity index (χ2v) is 12.2. The Labute approximate surface area is 308 Å². The minimum absolute atomic E-state index is 0.0372. The van der Waals surface area contributed by atoms with Crippen LogP contribution in [0.1, 0.15) is 49.7 Å². The molecule has 0 N–H and O–H groups in total. The predicted octanol–water partition coefficient (Wildman–Crippen LogP) is 9.32. The summed E-state index contributed by atoms with van der Waals surface area (Å²) in [6, 6.07) is 24.0. The average Bonchev–Trinajstić information content (AvgIpc) is 3.16. The largest absolute Gasteiger partial charge is 0.457 e. The molecular formula is C38H38F4N4O8. The van der Waals surface area contributed by atoms with E-state index >= 15 is 0 Å². The molecule has 16 heteroatoms. The van der Waals surface area contributed by atoms with Gasteiger partial charge in [-0.05, 0) is 72.5 Å². The van der Waals surface area contributed by atoms with Crippen LogP contribution in [0.25, 0.3) is 0 Å². The number of rotatable bonds is 21. The lowest BCUT2D eigenvalue weighted by atomic mass is 10.1. The van der Waals surface area contributed by atoms with E-state index in [1.54, 1.807) is 48.5 Å². The van der Waals surface area contributed by atoms with Crippen LogP contribution in [-0.4, -0.2) is 57.4 Å². The van der Waals surface area contributed by atoms with Gasteiger partial charge in [-0.2, -0.15) is 17.6 Å². The van der Waals surface area contributed by atoms with Gasteiger partial charge in [-0.15, -0.1) is 0 Å². The summed E-state index contributed by atoms with van der Waals surface area (Å²) >= 11 is 0. The average molecular weight is 755 g/mol. The summed E-state index contributed by atoms with van der Waals surface area (Å²) in [5.41, 5.74) is 1.05. The number of nitro groups is 2. The zero-order valence-electron chi connectivity index (χ0n) is 29.0. The first kappa shape index (κ1) is 40.7. The summed E-state index contributed by atoms with van der Waals surface area (Å²) in [5, 5.41) is 21.7. The second-order valence-electron chi connectivity index (χ2n) is 12.2. The molecule has 4 aromatic rings. The van der Waals surface area contributed by atoms with E-state index in [4.69, 9.17) is 9.47 Å². The Morgan fingerprint density at radius 1 is 0.500 bits per heavy atom. The summed E-state index contributed by atoms with van der Waals surface area (Å²) in [4.78, 5) is 47.3. The summed E-state index contributed by atoms with van der Waals surface area (Å²) in [6.45, 7) is 0.145. The van der Waals surface area contributed by atoms with Gasteiger partial charge in [0.05, 0.1) is 9.85 Å². The lowest BCUT2D eigenvalue weighted by molar-refractivity contribution is -0.385. The van der Waals surface area contributed by atoms with Crippen molar-refractivity contribution in [2.75, 3.05) is 13.1 Å². The first-order valence-corrected chi connectivity index (χ1v) is 17.1. The Hall–Kier alpha value is -6.06. The van der Waals surface area contributed by atoms with Gasteiger partial charge in [-0.1, -0.05) is 49.9 Å². The van der Waals surface area contributed by atoms with Gasteiger partial charge in [0.1, 0.15) is 23.0 Å².